The van der Waals surface area contributed by atoms with Crippen LogP contribution in [0, 0.1) is 0 Å². The highest BCUT2D eigenvalue weighted by atomic mass is 16.5. The highest BCUT2D eigenvalue weighted by molar-refractivity contribution is 5.89. The van der Waals surface area contributed by atoms with Gasteiger partial charge in [0.25, 0.3) is 0 Å². The molecule has 0 spiro atoms. The van der Waals surface area contributed by atoms with Crippen molar-refractivity contribution >= 4 is 17.3 Å². The molecule has 2 fully saturated rings. The lowest BCUT2D eigenvalue weighted by Gasteiger charge is -2.37. The van der Waals surface area contributed by atoms with Gasteiger partial charge in [-0.15, -0.1) is 0 Å². The summed E-state index contributed by atoms with van der Waals surface area (Å²) in [5.41, 5.74) is 2.97. The molecular formula is C28H38N2O4. The lowest BCUT2D eigenvalue weighted by atomic mass is 9.98. The monoisotopic (exact) mass is 466 g/mol. The summed E-state index contributed by atoms with van der Waals surface area (Å²) < 4.78 is 17.0. The summed E-state index contributed by atoms with van der Waals surface area (Å²) in [7, 11) is 0. The number of rotatable bonds is 10. The zero-order valence-electron chi connectivity index (χ0n) is 20.4. The van der Waals surface area contributed by atoms with Gasteiger partial charge in [0.1, 0.15) is 5.75 Å². The van der Waals surface area contributed by atoms with Crippen molar-refractivity contribution in [1.29, 1.82) is 0 Å². The molecule has 0 amide bonds. The van der Waals surface area contributed by atoms with Crippen LogP contribution in [0.1, 0.15) is 55.8 Å². The van der Waals surface area contributed by atoms with Crippen LogP contribution in [0.15, 0.2) is 48.5 Å². The van der Waals surface area contributed by atoms with Gasteiger partial charge in [-0.05, 0) is 68.3 Å². The molecular weight excluding hydrogens is 428 g/mol. The number of carbonyl (C=O) groups is 1. The molecule has 2 aromatic rings. The molecule has 0 radical (unpaired) electrons. The molecule has 0 atom stereocenters. The number of benzene rings is 2. The summed E-state index contributed by atoms with van der Waals surface area (Å²) in [5, 5.41) is 0. The Hall–Kier alpha value is -2.73. The molecule has 0 unspecified atom stereocenters. The Balaban J connectivity index is 1.17. The number of carbonyl (C=O) groups excluding carboxylic acids is 1. The lowest BCUT2D eigenvalue weighted by molar-refractivity contribution is 0.0226. The summed E-state index contributed by atoms with van der Waals surface area (Å²) >= 11 is 0. The minimum atomic E-state index is -0.265. The van der Waals surface area contributed by atoms with E-state index in [0.29, 0.717) is 24.9 Å². The Labute approximate surface area is 203 Å². The predicted octanol–water partition coefficient (Wildman–Crippen LogP) is 5.31. The third-order valence-corrected chi connectivity index (χ3v) is 6.69. The lowest BCUT2D eigenvalue weighted by Crippen LogP contribution is -2.46. The number of hydrogen-bond donors (Lipinski definition) is 0. The van der Waals surface area contributed by atoms with Crippen molar-refractivity contribution in [2.75, 3.05) is 55.8 Å². The van der Waals surface area contributed by atoms with Crippen molar-refractivity contribution in [3.05, 3.63) is 54.1 Å². The number of nitrogens with zero attached hydrogens (tertiary/aromatic N) is 2. The van der Waals surface area contributed by atoms with Gasteiger partial charge in [-0.2, -0.15) is 0 Å². The van der Waals surface area contributed by atoms with Crippen molar-refractivity contribution in [3.63, 3.8) is 0 Å². The van der Waals surface area contributed by atoms with E-state index in [2.05, 4.69) is 34.1 Å². The summed E-state index contributed by atoms with van der Waals surface area (Å²) in [4.78, 5) is 16.6. The molecule has 34 heavy (non-hydrogen) atoms. The van der Waals surface area contributed by atoms with Crippen LogP contribution < -0.4 is 14.5 Å². The van der Waals surface area contributed by atoms with Gasteiger partial charge in [-0.3, -0.25) is 0 Å². The second kappa shape index (κ2) is 12.7. The molecule has 0 N–H and O–H groups in total. The third kappa shape index (κ3) is 6.89. The van der Waals surface area contributed by atoms with Crippen molar-refractivity contribution in [2.24, 2.45) is 0 Å². The van der Waals surface area contributed by atoms with Gasteiger partial charge in [0.05, 0.1) is 31.5 Å². The summed E-state index contributed by atoms with van der Waals surface area (Å²) in [6, 6.07) is 16.1. The van der Waals surface area contributed by atoms with E-state index in [4.69, 9.17) is 14.2 Å². The average molecular weight is 467 g/mol. The van der Waals surface area contributed by atoms with Gasteiger partial charge in [-0.25, -0.2) is 4.79 Å². The summed E-state index contributed by atoms with van der Waals surface area (Å²) in [6.45, 7) is 7.50. The first kappa shape index (κ1) is 24.4. The van der Waals surface area contributed by atoms with Crippen LogP contribution in [0.25, 0.3) is 0 Å². The standard InChI is InChI=1S/C28H38N2O4/c1-2-32-28(31)23-9-11-24(12-10-23)29-17-19-30(20-18-29)25-13-15-27(16-14-25)34-22-6-21-33-26-7-4-3-5-8-26/h9-16,26H,2-8,17-22H2,1H3. The predicted molar refractivity (Wildman–Crippen MR) is 136 cm³/mol. The molecule has 2 aromatic carbocycles. The summed E-state index contributed by atoms with van der Waals surface area (Å²) in [6.07, 6.45) is 7.83. The Bertz CT molecular complexity index is 870. The largest absolute Gasteiger partial charge is 0.494 e. The van der Waals surface area contributed by atoms with Crippen molar-refractivity contribution in [2.45, 2.75) is 51.6 Å². The molecule has 1 aliphatic heterocycles. The van der Waals surface area contributed by atoms with Gasteiger partial charge in [0.15, 0.2) is 0 Å². The number of hydrogen-bond acceptors (Lipinski definition) is 6. The molecule has 0 bridgehead atoms. The van der Waals surface area contributed by atoms with E-state index in [0.717, 1.165) is 50.6 Å². The molecule has 6 heteroatoms. The van der Waals surface area contributed by atoms with E-state index in [1.54, 1.807) is 0 Å². The zero-order valence-corrected chi connectivity index (χ0v) is 20.4. The van der Waals surface area contributed by atoms with E-state index in [1.165, 1.54) is 37.8 Å². The first-order valence-electron chi connectivity index (χ1n) is 12.8. The molecule has 6 nitrogen and oxygen atoms in total. The van der Waals surface area contributed by atoms with E-state index in [1.807, 2.05) is 31.2 Å². The molecule has 0 aromatic heterocycles. The number of ether oxygens (including phenoxy) is 3. The van der Waals surface area contributed by atoms with Crippen LogP contribution in [-0.2, 0) is 9.47 Å². The Morgan fingerprint density at radius 2 is 1.41 bits per heavy atom. The first-order chi connectivity index (χ1) is 16.7. The maximum Gasteiger partial charge on any atom is 0.338 e. The van der Waals surface area contributed by atoms with Crippen LogP contribution in [0.2, 0.25) is 0 Å². The maximum atomic E-state index is 11.8. The van der Waals surface area contributed by atoms with Gasteiger partial charge in [0.2, 0.25) is 0 Å². The fraction of sp³-hybridized carbons (Fsp3) is 0.536. The van der Waals surface area contributed by atoms with Gasteiger partial charge in [-0.1, -0.05) is 19.3 Å². The van der Waals surface area contributed by atoms with E-state index < -0.39 is 0 Å². The molecule has 4 rings (SSSR count). The second-order valence-corrected chi connectivity index (χ2v) is 9.07. The smallest absolute Gasteiger partial charge is 0.338 e. The molecule has 1 aliphatic carbocycles. The van der Waals surface area contributed by atoms with Crippen molar-refractivity contribution in [1.82, 2.24) is 0 Å². The van der Waals surface area contributed by atoms with Crippen molar-refractivity contribution < 1.29 is 19.0 Å². The van der Waals surface area contributed by atoms with E-state index in [9.17, 15) is 4.79 Å². The van der Waals surface area contributed by atoms with E-state index in [-0.39, 0.29) is 5.97 Å². The Morgan fingerprint density at radius 1 is 0.824 bits per heavy atom. The third-order valence-electron chi connectivity index (χ3n) is 6.69. The normalized spacial score (nSPS) is 17.0. The highest BCUT2D eigenvalue weighted by Gasteiger charge is 2.18. The number of piperazine rings is 1. The van der Waals surface area contributed by atoms with Crippen LogP contribution >= 0.6 is 0 Å². The Kier molecular flexibility index (Phi) is 9.08. The van der Waals surface area contributed by atoms with Gasteiger partial charge in [0, 0.05) is 44.0 Å². The maximum absolute atomic E-state index is 11.8. The molecule has 184 valence electrons. The topological polar surface area (TPSA) is 51.2 Å². The van der Waals surface area contributed by atoms with Gasteiger partial charge >= 0.3 is 5.97 Å². The molecule has 1 saturated heterocycles. The minimum absolute atomic E-state index is 0.265. The highest BCUT2D eigenvalue weighted by Crippen LogP contribution is 2.24. The Morgan fingerprint density at radius 3 is 2.00 bits per heavy atom. The van der Waals surface area contributed by atoms with Gasteiger partial charge < -0.3 is 24.0 Å². The second-order valence-electron chi connectivity index (χ2n) is 9.07. The molecule has 2 aliphatic rings. The fourth-order valence-electron chi connectivity index (χ4n) is 4.73. The fourth-order valence-corrected chi connectivity index (χ4v) is 4.73. The SMILES string of the molecule is CCOC(=O)c1ccc(N2CCN(c3ccc(OCCCOC4CCCCC4)cc3)CC2)cc1. The van der Waals surface area contributed by atoms with Crippen LogP contribution in [-0.4, -0.2) is 58.1 Å². The number of anilines is 2. The minimum Gasteiger partial charge on any atom is -0.494 e. The number of esters is 1. The first-order valence-corrected chi connectivity index (χ1v) is 12.8. The average Bonchev–Trinajstić information content (AvgIpc) is 2.90. The quantitative estimate of drug-likeness (QED) is 0.349. The molecule has 1 saturated carbocycles. The van der Waals surface area contributed by atoms with Crippen LogP contribution in [0.5, 0.6) is 5.75 Å². The van der Waals surface area contributed by atoms with Crippen LogP contribution in [0.4, 0.5) is 11.4 Å². The van der Waals surface area contributed by atoms with Crippen molar-refractivity contribution in [3.8, 4) is 5.75 Å². The zero-order chi connectivity index (χ0) is 23.6. The van der Waals surface area contributed by atoms with Crippen LogP contribution in [0.3, 0.4) is 0 Å². The van der Waals surface area contributed by atoms with E-state index >= 15 is 0 Å². The summed E-state index contributed by atoms with van der Waals surface area (Å²) in [5.74, 6) is 0.654. The molecule has 1 heterocycles.